The van der Waals surface area contributed by atoms with Gasteiger partial charge >= 0.3 is 0 Å². The van der Waals surface area contributed by atoms with Crippen molar-refractivity contribution < 1.29 is 4.39 Å². The van der Waals surface area contributed by atoms with E-state index in [2.05, 4.69) is 10.3 Å². The SMILES string of the molecule is I.NC(=NCC1(c2ccccc2F)CC1)NC1CCCCC1. The molecule has 1 aromatic carbocycles. The van der Waals surface area contributed by atoms with Gasteiger partial charge in [0.05, 0.1) is 6.54 Å². The standard InChI is InChI=1S/C17H24FN3.HI/c18-15-9-5-4-8-14(15)17(10-11-17)12-20-16(19)21-13-6-2-1-3-7-13;/h4-5,8-9,13H,1-3,6-7,10-12H2,(H3,19,20,21);1H. The topological polar surface area (TPSA) is 50.4 Å². The van der Waals surface area contributed by atoms with Gasteiger partial charge < -0.3 is 11.1 Å². The van der Waals surface area contributed by atoms with Crippen molar-refractivity contribution in [1.82, 2.24) is 5.32 Å². The van der Waals surface area contributed by atoms with Crippen LogP contribution in [0.3, 0.4) is 0 Å². The fourth-order valence-corrected chi connectivity index (χ4v) is 3.29. The first-order valence-electron chi connectivity index (χ1n) is 8.01. The Kier molecular flexibility index (Phi) is 6.06. The summed E-state index contributed by atoms with van der Waals surface area (Å²) in [4.78, 5) is 4.49. The van der Waals surface area contributed by atoms with E-state index in [0.29, 0.717) is 18.5 Å². The summed E-state index contributed by atoms with van der Waals surface area (Å²) < 4.78 is 13.9. The van der Waals surface area contributed by atoms with Gasteiger partial charge in [-0.05, 0) is 37.3 Å². The third-order valence-corrected chi connectivity index (χ3v) is 4.81. The Balaban J connectivity index is 0.00000176. The minimum absolute atomic E-state index is 0. The molecule has 0 radical (unpaired) electrons. The van der Waals surface area contributed by atoms with Crippen LogP contribution in [0.15, 0.2) is 29.3 Å². The van der Waals surface area contributed by atoms with Crippen LogP contribution in [0.25, 0.3) is 0 Å². The van der Waals surface area contributed by atoms with Crippen LogP contribution in [0.1, 0.15) is 50.5 Å². The van der Waals surface area contributed by atoms with Gasteiger partial charge in [-0.3, -0.25) is 4.99 Å². The van der Waals surface area contributed by atoms with Crippen molar-refractivity contribution in [3.63, 3.8) is 0 Å². The van der Waals surface area contributed by atoms with Crippen LogP contribution in [0.2, 0.25) is 0 Å². The number of benzene rings is 1. The zero-order valence-corrected chi connectivity index (χ0v) is 15.2. The molecule has 5 heteroatoms. The number of rotatable bonds is 4. The van der Waals surface area contributed by atoms with E-state index in [-0.39, 0.29) is 35.2 Å². The molecule has 2 fully saturated rings. The van der Waals surface area contributed by atoms with Gasteiger partial charge in [-0.1, -0.05) is 37.5 Å². The average Bonchev–Trinajstić information content (AvgIpc) is 3.28. The van der Waals surface area contributed by atoms with E-state index in [1.165, 1.54) is 38.2 Å². The molecule has 0 amide bonds. The number of nitrogens with one attached hydrogen (secondary N) is 1. The molecule has 0 aromatic heterocycles. The zero-order chi connectivity index (χ0) is 14.7. The monoisotopic (exact) mass is 417 g/mol. The van der Waals surface area contributed by atoms with E-state index in [9.17, 15) is 4.39 Å². The fraction of sp³-hybridized carbons (Fsp3) is 0.588. The summed E-state index contributed by atoms with van der Waals surface area (Å²) in [5.74, 6) is 0.397. The number of nitrogens with two attached hydrogens (primary N) is 1. The second kappa shape index (κ2) is 7.62. The lowest BCUT2D eigenvalue weighted by molar-refractivity contribution is 0.412. The molecule has 2 saturated carbocycles. The van der Waals surface area contributed by atoms with Gasteiger partial charge in [0.2, 0.25) is 0 Å². The highest BCUT2D eigenvalue weighted by Crippen LogP contribution is 2.49. The third-order valence-electron chi connectivity index (χ3n) is 4.81. The first kappa shape index (κ1) is 17.5. The molecule has 0 spiro atoms. The van der Waals surface area contributed by atoms with Crippen molar-refractivity contribution >= 4 is 29.9 Å². The van der Waals surface area contributed by atoms with Crippen molar-refractivity contribution in [1.29, 1.82) is 0 Å². The minimum Gasteiger partial charge on any atom is -0.370 e. The predicted octanol–water partition coefficient (Wildman–Crippen LogP) is 3.71. The van der Waals surface area contributed by atoms with Crippen molar-refractivity contribution in [2.24, 2.45) is 10.7 Å². The molecule has 0 aliphatic heterocycles. The Morgan fingerprint density at radius 2 is 1.91 bits per heavy atom. The van der Waals surface area contributed by atoms with Crippen LogP contribution in [0, 0.1) is 5.82 Å². The van der Waals surface area contributed by atoms with Crippen LogP contribution < -0.4 is 11.1 Å². The maximum atomic E-state index is 13.9. The molecule has 2 aliphatic carbocycles. The molecular weight excluding hydrogens is 392 g/mol. The van der Waals surface area contributed by atoms with E-state index < -0.39 is 0 Å². The summed E-state index contributed by atoms with van der Waals surface area (Å²) in [5, 5.41) is 3.32. The van der Waals surface area contributed by atoms with Gasteiger partial charge in [0, 0.05) is 11.5 Å². The largest absolute Gasteiger partial charge is 0.370 e. The molecule has 0 heterocycles. The number of guanidine groups is 1. The highest BCUT2D eigenvalue weighted by Gasteiger charge is 2.45. The van der Waals surface area contributed by atoms with Crippen LogP contribution in [-0.4, -0.2) is 18.5 Å². The summed E-state index contributed by atoms with van der Waals surface area (Å²) >= 11 is 0. The lowest BCUT2D eigenvalue weighted by atomic mass is 9.95. The first-order valence-corrected chi connectivity index (χ1v) is 8.01. The Bertz CT molecular complexity index is 522. The van der Waals surface area contributed by atoms with E-state index >= 15 is 0 Å². The van der Waals surface area contributed by atoms with Gasteiger partial charge in [0.15, 0.2) is 5.96 Å². The number of hydrogen-bond acceptors (Lipinski definition) is 1. The van der Waals surface area contributed by atoms with Gasteiger partial charge in [-0.15, -0.1) is 24.0 Å². The highest BCUT2D eigenvalue weighted by atomic mass is 127. The average molecular weight is 417 g/mol. The quantitative estimate of drug-likeness (QED) is 0.446. The van der Waals surface area contributed by atoms with Gasteiger partial charge in [0.25, 0.3) is 0 Å². The van der Waals surface area contributed by atoms with Crippen molar-refractivity contribution in [2.45, 2.75) is 56.4 Å². The van der Waals surface area contributed by atoms with Crippen LogP contribution in [0.5, 0.6) is 0 Å². The molecule has 22 heavy (non-hydrogen) atoms. The van der Waals surface area contributed by atoms with E-state index in [1.807, 2.05) is 12.1 Å². The maximum absolute atomic E-state index is 13.9. The zero-order valence-electron chi connectivity index (χ0n) is 12.9. The van der Waals surface area contributed by atoms with Crippen molar-refractivity contribution in [3.8, 4) is 0 Å². The Hall–Kier alpha value is -0.850. The summed E-state index contributed by atoms with van der Waals surface area (Å²) in [6.45, 7) is 0.583. The van der Waals surface area contributed by atoms with E-state index in [0.717, 1.165) is 18.4 Å². The molecular formula is C17H25FIN3. The summed E-state index contributed by atoms with van der Waals surface area (Å²) in [5.41, 5.74) is 6.67. The molecule has 122 valence electrons. The van der Waals surface area contributed by atoms with Gasteiger partial charge in [0.1, 0.15) is 5.82 Å². The van der Waals surface area contributed by atoms with Crippen LogP contribution in [0.4, 0.5) is 4.39 Å². The normalized spacial score (nSPS) is 21.0. The fourth-order valence-electron chi connectivity index (χ4n) is 3.29. The molecule has 0 saturated heterocycles. The van der Waals surface area contributed by atoms with Gasteiger partial charge in [-0.25, -0.2) is 4.39 Å². The number of hydrogen-bond donors (Lipinski definition) is 2. The summed E-state index contributed by atoms with van der Waals surface area (Å²) in [6.07, 6.45) is 8.20. The third kappa shape index (κ3) is 4.12. The summed E-state index contributed by atoms with van der Waals surface area (Å²) in [7, 11) is 0. The van der Waals surface area contributed by atoms with Crippen LogP contribution in [-0.2, 0) is 5.41 Å². The van der Waals surface area contributed by atoms with Crippen molar-refractivity contribution in [2.75, 3.05) is 6.54 Å². The predicted molar refractivity (Wildman–Crippen MR) is 99.2 cm³/mol. The number of nitrogens with zero attached hydrogens (tertiary/aromatic N) is 1. The lowest BCUT2D eigenvalue weighted by Crippen LogP contribution is -2.41. The second-order valence-electron chi connectivity index (χ2n) is 6.44. The second-order valence-corrected chi connectivity index (χ2v) is 6.44. The lowest BCUT2D eigenvalue weighted by Gasteiger charge is -2.23. The number of aliphatic imine (C=N–C) groups is 1. The Morgan fingerprint density at radius 1 is 1.23 bits per heavy atom. The van der Waals surface area contributed by atoms with Gasteiger partial charge in [-0.2, -0.15) is 0 Å². The molecule has 0 unspecified atom stereocenters. The van der Waals surface area contributed by atoms with E-state index in [1.54, 1.807) is 6.07 Å². The number of halogens is 2. The maximum Gasteiger partial charge on any atom is 0.188 e. The minimum atomic E-state index is -0.121. The van der Waals surface area contributed by atoms with Crippen molar-refractivity contribution in [3.05, 3.63) is 35.6 Å². The smallest absolute Gasteiger partial charge is 0.188 e. The first-order chi connectivity index (χ1) is 10.2. The van der Waals surface area contributed by atoms with E-state index in [4.69, 9.17) is 5.73 Å². The Labute approximate surface area is 149 Å². The molecule has 3 N–H and O–H groups in total. The molecule has 1 aromatic rings. The molecule has 0 bridgehead atoms. The van der Waals surface area contributed by atoms with Crippen LogP contribution >= 0.6 is 24.0 Å². The molecule has 3 rings (SSSR count). The molecule has 2 aliphatic rings. The Morgan fingerprint density at radius 3 is 2.55 bits per heavy atom. The molecule has 3 nitrogen and oxygen atoms in total. The summed E-state index contributed by atoms with van der Waals surface area (Å²) in [6, 6.07) is 7.50. The molecule has 0 atom stereocenters. The highest BCUT2D eigenvalue weighted by molar-refractivity contribution is 14.0.